The van der Waals surface area contributed by atoms with Gasteiger partial charge in [-0.15, -0.1) is 0 Å². The minimum Gasteiger partial charge on any atom is -0.508 e. The maximum absolute atomic E-state index is 12.7. The molecule has 0 radical (unpaired) electrons. The zero-order valence-corrected chi connectivity index (χ0v) is 19.7. The van der Waals surface area contributed by atoms with Crippen molar-refractivity contribution < 1.29 is 32.5 Å². The number of phenolic OH excluding ortho intramolecular Hbond substituents is 1. The van der Waals surface area contributed by atoms with Gasteiger partial charge in [-0.05, 0) is 48.0 Å². The highest BCUT2D eigenvalue weighted by Gasteiger charge is 2.26. The maximum Gasteiger partial charge on any atom is 0.288 e. The molecule has 0 spiro atoms. The van der Waals surface area contributed by atoms with Crippen LogP contribution in [0, 0.1) is 0 Å². The number of hydrogen-bond acceptors (Lipinski definition) is 8. The van der Waals surface area contributed by atoms with Crippen LogP contribution in [0.1, 0.15) is 11.3 Å². The fraction of sp³-hybridized carbons (Fsp3) is 0.136. The number of fused-ring (bicyclic) bond motifs is 1. The van der Waals surface area contributed by atoms with Crippen LogP contribution < -0.4 is 4.74 Å². The number of ether oxygens (including phenoxy) is 1. The summed E-state index contributed by atoms with van der Waals surface area (Å²) in [7, 11) is -2.82. The Hall–Kier alpha value is -2.96. The van der Waals surface area contributed by atoms with Crippen molar-refractivity contribution in [1.29, 1.82) is 0 Å². The molecule has 33 heavy (non-hydrogen) atoms. The first-order valence-corrected chi connectivity index (χ1v) is 11.9. The predicted octanol–water partition coefficient (Wildman–Crippen LogP) is 4.56. The van der Waals surface area contributed by atoms with E-state index in [1.54, 1.807) is 48.5 Å². The molecular formula is C22H19BrN2O7S. The van der Waals surface area contributed by atoms with Crippen molar-refractivity contribution in [2.24, 2.45) is 0 Å². The minimum absolute atomic E-state index is 0.0254. The van der Waals surface area contributed by atoms with E-state index < -0.39 is 10.0 Å². The third-order valence-electron chi connectivity index (χ3n) is 4.56. The lowest BCUT2D eigenvalue weighted by Crippen LogP contribution is -2.30. The number of benzene rings is 3. The average molecular weight is 535 g/mol. The van der Waals surface area contributed by atoms with E-state index in [2.05, 4.69) is 21.1 Å². The Labute approximate surface area is 198 Å². The molecule has 0 aliphatic heterocycles. The lowest BCUT2D eigenvalue weighted by atomic mass is 10.2. The SMILES string of the molecule is CON(OCc1noc2cc(OCc3cc(O)cc(Br)c3)ccc12)S(=O)(=O)c1ccccc1. The number of nitrogens with zero attached hydrogens (tertiary/aromatic N) is 2. The number of sulfonamides is 1. The summed E-state index contributed by atoms with van der Waals surface area (Å²) in [6.45, 7) is 0.0349. The standard InChI is InChI=1S/C22H19BrN2O7S/c1-29-25(33(27,28)19-5-3-2-4-6-19)31-14-21-20-8-7-18(12-22(20)32-24-21)30-13-15-9-16(23)11-17(26)10-15/h2-12,26H,13-14H2,1H3. The van der Waals surface area contributed by atoms with Crippen molar-refractivity contribution >= 4 is 36.9 Å². The second-order valence-corrected chi connectivity index (χ2v) is 9.50. The van der Waals surface area contributed by atoms with E-state index in [4.69, 9.17) is 18.9 Å². The van der Waals surface area contributed by atoms with E-state index >= 15 is 0 Å². The number of aromatic hydroxyl groups is 1. The highest BCUT2D eigenvalue weighted by Crippen LogP contribution is 2.27. The molecule has 1 N–H and O–H groups in total. The topological polar surface area (TPSA) is 111 Å². The third kappa shape index (κ3) is 5.34. The van der Waals surface area contributed by atoms with Crippen molar-refractivity contribution in [1.82, 2.24) is 9.79 Å². The van der Waals surface area contributed by atoms with E-state index in [0.29, 0.717) is 27.0 Å². The van der Waals surface area contributed by atoms with Crippen molar-refractivity contribution in [3.8, 4) is 11.5 Å². The molecule has 0 unspecified atom stereocenters. The summed E-state index contributed by atoms with van der Waals surface area (Å²) >= 11 is 3.33. The Morgan fingerprint density at radius 3 is 2.58 bits per heavy atom. The molecular weight excluding hydrogens is 516 g/mol. The fourth-order valence-electron chi connectivity index (χ4n) is 3.06. The Morgan fingerprint density at radius 2 is 1.85 bits per heavy atom. The second kappa shape index (κ2) is 9.89. The van der Waals surface area contributed by atoms with Gasteiger partial charge >= 0.3 is 0 Å². The maximum atomic E-state index is 12.7. The molecule has 11 heteroatoms. The van der Waals surface area contributed by atoms with E-state index in [1.165, 1.54) is 19.2 Å². The van der Waals surface area contributed by atoms with Gasteiger partial charge in [0.05, 0.1) is 16.6 Å². The highest BCUT2D eigenvalue weighted by atomic mass is 79.9. The minimum atomic E-state index is -4.01. The number of rotatable bonds is 9. The highest BCUT2D eigenvalue weighted by molar-refractivity contribution is 9.10. The van der Waals surface area contributed by atoms with E-state index in [-0.39, 0.29) is 23.9 Å². The molecule has 3 aromatic carbocycles. The van der Waals surface area contributed by atoms with Crippen LogP contribution in [0.2, 0.25) is 0 Å². The molecule has 0 bridgehead atoms. The van der Waals surface area contributed by atoms with E-state index in [1.807, 2.05) is 6.07 Å². The molecule has 0 saturated carbocycles. The third-order valence-corrected chi connectivity index (χ3v) is 6.53. The Kier molecular flexibility index (Phi) is 6.96. The predicted molar refractivity (Wildman–Crippen MR) is 121 cm³/mol. The van der Waals surface area contributed by atoms with E-state index in [9.17, 15) is 13.5 Å². The van der Waals surface area contributed by atoms with Gasteiger partial charge in [0, 0.05) is 15.9 Å². The zero-order chi connectivity index (χ0) is 23.4. The van der Waals surface area contributed by atoms with Crippen molar-refractivity contribution in [3.05, 3.63) is 82.5 Å². The van der Waals surface area contributed by atoms with Gasteiger partial charge in [-0.3, -0.25) is 9.68 Å². The summed E-state index contributed by atoms with van der Waals surface area (Å²) in [5.74, 6) is 0.674. The summed E-state index contributed by atoms with van der Waals surface area (Å²) < 4.78 is 37.6. The first-order valence-electron chi connectivity index (χ1n) is 9.64. The molecule has 1 heterocycles. The Bertz CT molecular complexity index is 1340. The van der Waals surface area contributed by atoms with Crippen LogP contribution in [0.5, 0.6) is 11.5 Å². The molecule has 0 amide bonds. The second-order valence-electron chi connectivity index (χ2n) is 6.86. The molecule has 0 aliphatic carbocycles. The number of halogens is 1. The molecule has 1 aromatic heterocycles. The van der Waals surface area contributed by atoms with Crippen molar-refractivity contribution in [2.45, 2.75) is 18.1 Å². The lowest BCUT2D eigenvalue weighted by molar-refractivity contribution is -0.294. The summed E-state index contributed by atoms with van der Waals surface area (Å²) in [5.41, 5.74) is 1.62. The molecule has 0 aliphatic rings. The molecule has 9 nitrogen and oxygen atoms in total. The van der Waals surface area contributed by atoms with Crippen molar-refractivity contribution in [2.75, 3.05) is 7.11 Å². The molecule has 4 aromatic rings. The van der Waals surface area contributed by atoms with Crippen molar-refractivity contribution in [3.63, 3.8) is 0 Å². The largest absolute Gasteiger partial charge is 0.508 e. The first kappa shape index (κ1) is 23.2. The molecule has 172 valence electrons. The molecule has 0 saturated heterocycles. The van der Waals surface area contributed by atoms with Gasteiger partial charge < -0.3 is 14.4 Å². The molecule has 0 atom stereocenters. The van der Waals surface area contributed by atoms with Gasteiger partial charge in [-0.2, -0.15) is 0 Å². The van der Waals surface area contributed by atoms with Crippen LogP contribution in [0.3, 0.4) is 0 Å². The number of aromatic nitrogens is 1. The van der Waals surface area contributed by atoms with Crippen LogP contribution in [0.25, 0.3) is 11.0 Å². The van der Waals surface area contributed by atoms with Crippen LogP contribution in [-0.2, 0) is 32.9 Å². The van der Waals surface area contributed by atoms with Crippen LogP contribution in [0.15, 0.2) is 80.6 Å². The van der Waals surface area contributed by atoms with E-state index in [0.717, 1.165) is 10.0 Å². The normalized spacial score (nSPS) is 11.8. The zero-order valence-electron chi connectivity index (χ0n) is 17.3. The van der Waals surface area contributed by atoms with Crippen LogP contribution in [-0.4, -0.2) is 30.4 Å². The summed E-state index contributed by atoms with van der Waals surface area (Å²) in [5, 5.41) is 14.3. The van der Waals surface area contributed by atoms with Gasteiger partial charge in [0.2, 0.25) is 0 Å². The number of hydrogen-bond donors (Lipinski definition) is 1. The van der Waals surface area contributed by atoms with Crippen LogP contribution >= 0.6 is 15.9 Å². The fourth-order valence-corrected chi connectivity index (χ4v) is 4.65. The van der Waals surface area contributed by atoms with Gasteiger partial charge in [-0.25, -0.2) is 8.42 Å². The quantitative estimate of drug-likeness (QED) is 0.311. The molecule has 4 rings (SSSR count). The lowest BCUT2D eigenvalue weighted by Gasteiger charge is -2.17. The average Bonchev–Trinajstić information content (AvgIpc) is 3.20. The summed E-state index contributed by atoms with van der Waals surface area (Å²) in [6.07, 6.45) is 0. The summed E-state index contributed by atoms with van der Waals surface area (Å²) in [4.78, 5) is 10.3. The smallest absolute Gasteiger partial charge is 0.288 e. The number of phenols is 1. The summed E-state index contributed by atoms with van der Waals surface area (Å²) in [6, 6.07) is 18.0. The van der Waals surface area contributed by atoms with Gasteiger partial charge in [0.25, 0.3) is 10.0 Å². The first-order chi connectivity index (χ1) is 15.9. The monoisotopic (exact) mass is 534 g/mol. The van der Waals surface area contributed by atoms with Gasteiger partial charge in [0.1, 0.15) is 30.4 Å². The Morgan fingerprint density at radius 1 is 1.06 bits per heavy atom. The molecule has 0 fully saturated rings. The van der Waals surface area contributed by atoms with Gasteiger partial charge in [0.15, 0.2) is 5.58 Å². The van der Waals surface area contributed by atoms with Crippen LogP contribution in [0.4, 0.5) is 0 Å². The van der Waals surface area contributed by atoms with Gasteiger partial charge in [-0.1, -0.05) is 39.3 Å². The Balaban J connectivity index is 1.45.